The Kier molecular flexibility index (Phi) is 4.52. The number of Topliss-reactive ketones (excluding diaryl/α,β-unsaturated/α-hetero) is 1. The molecular weight excluding hydrogens is 206 g/mol. The van der Waals surface area contributed by atoms with Crippen molar-refractivity contribution in [2.24, 2.45) is 5.41 Å². The van der Waals surface area contributed by atoms with Gasteiger partial charge < -0.3 is 10.4 Å². The van der Waals surface area contributed by atoms with Crippen molar-refractivity contribution in [3.63, 3.8) is 0 Å². The molecule has 0 bridgehead atoms. The quantitative estimate of drug-likeness (QED) is 0.570. The van der Waals surface area contributed by atoms with Gasteiger partial charge >= 0.3 is 6.09 Å². The van der Waals surface area contributed by atoms with Crippen LogP contribution in [-0.4, -0.2) is 23.5 Å². The van der Waals surface area contributed by atoms with Crippen molar-refractivity contribution < 1.29 is 14.7 Å². The van der Waals surface area contributed by atoms with Crippen LogP contribution in [0.15, 0.2) is 12.7 Å². The van der Waals surface area contributed by atoms with Crippen LogP contribution in [0.4, 0.5) is 4.79 Å². The van der Waals surface area contributed by atoms with E-state index in [2.05, 4.69) is 11.9 Å². The minimum absolute atomic E-state index is 0.179. The zero-order valence-electron chi connectivity index (χ0n) is 9.50. The maximum absolute atomic E-state index is 12.1. The molecule has 0 spiro atoms. The third kappa shape index (κ3) is 3.08. The summed E-state index contributed by atoms with van der Waals surface area (Å²) in [5.41, 5.74) is -0.545. The number of hydrogen-bond acceptors (Lipinski definition) is 2. The number of rotatable bonds is 4. The Hall–Kier alpha value is -1.32. The predicted molar refractivity (Wildman–Crippen MR) is 61.4 cm³/mol. The van der Waals surface area contributed by atoms with Crippen molar-refractivity contribution in [3.8, 4) is 0 Å². The van der Waals surface area contributed by atoms with Gasteiger partial charge in [0.2, 0.25) is 0 Å². The van der Waals surface area contributed by atoms with E-state index in [4.69, 9.17) is 5.11 Å². The average molecular weight is 225 g/mol. The van der Waals surface area contributed by atoms with Crippen molar-refractivity contribution in [2.75, 3.05) is 6.54 Å². The van der Waals surface area contributed by atoms with Crippen molar-refractivity contribution in [3.05, 3.63) is 12.7 Å². The van der Waals surface area contributed by atoms with E-state index in [0.29, 0.717) is 12.8 Å². The van der Waals surface area contributed by atoms with E-state index in [1.165, 1.54) is 0 Å². The highest BCUT2D eigenvalue weighted by Crippen LogP contribution is 2.35. The predicted octanol–water partition coefficient (Wildman–Crippen LogP) is 2.35. The first-order valence-electron chi connectivity index (χ1n) is 5.72. The van der Waals surface area contributed by atoms with Gasteiger partial charge in [-0.15, -0.1) is 6.58 Å². The van der Waals surface area contributed by atoms with E-state index >= 15 is 0 Å². The first-order valence-corrected chi connectivity index (χ1v) is 5.72. The van der Waals surface area contributed by atoms with Crippen LogP contribution in [0.25, 0.3) is 0 Å². The number of carbonyl (C=O) groups excluding carboxylic acids is 1. The van der Waals surface area contributed by atoms with Gasteiger partial charge in [-0.3, -0.25) is 4.79 Å². The van der Waals surface area contributed by atoms with Gasteiger partial charge in [0.1, 0.15) is 5.78 Å². The van der Waals surface area contributed by atoms with E-state index in [-0.39, 0.29) is 12.3 Å². The fourth-order valence-corrected chi connectivity index (χ4v) is 2.33. The summed E-state index contributed by atoms with van der Waals surface area (Å²) in [5, 5.41) is 11.0. The van der Waals surface area contributed by atoms with Gasteiger partial charge in [-0.2, -0.15) is 0 Å². The molecule has 0 saturated heterocycles. The molecule has 1 aliphatic carbocycles. The highest BCUT2D eigenvalue weighted by molar-refractivity contribution is 5.86. The Morgan fingerprint density at radius 3 is 2.88 bits per heavy atom. The van der Waals surface area contributed by atoms with Crippen molar-refractivity contribution in [2.45, 2.75) is 38.5 Å². The molecule has 4 heteroatoms. The Balaban J connectivity index is 2.77. The van der Waals surface area contributed by atoms with Crippen LogP contribution in [0.3, 0.4) is 0 Å². The third-order valence-corrected chi connectivity index (χ3v) is 3.26. The topological polar surface area (TPSA) is 66.4 Å². The van der Waals surface area contributed by atoms with Gasteiger partial charge in [-0.1, -0.05) is 18.9 Å². The largest absolute Gasteiger partial charge is 0.465 e. The Labute approximate surface area is 95.7 Å². The van der Waals surface area contributed by atoms with Crippen LogP contribution in [0.1, 0.15) is 38.5 Å². The molecule has 0 heterocycles. The molecule has 16 heavy (non-hydrogen) atoms. The Bertz CT molecular complexity index is 288. The second kappa shape index (κ2) is 5.68. The van der Waals surface area contributed by atoms with Gasteiger partial charge in [0, 0.05) is 18.4 Å². The summed E-state index contributed by atoms with van der Waals surface area (Å²) in [4.78, 5) is 22.6. The van der Waals surface area contributed by atoms with E-state index < -0.39 is 11.5 Å². The maximum Gasteiger partial charge on any atom is 0.404 e. The molecule has 0 aromatic heterocycles. The van der Waals surface area contributed by atoms with Crippen molar-refractivity contribution in [1.82, 2.24) is 5.32 Å². The molecular formula is C12H19NO3. The molecule has 0 aromatic rings. The third-order valence-electron chi connectivity index (χ3n) is 3.26. The van der Waals surface area contributed by atoms with E-state index in [9.17, 15) is 9.59 Å². The number of ketones is 1. The second-order valence-electron chi connectivity index (χ2n) is 4.42. The van der Waals surface area contributed by atoms with Crippen LogP contribution in [0, 0.1) is 5.41 Å². The summed E-state index contributed by atoms with van der Waals surface area (Å²) in [6.07, 6.45) is 5.50. The summed E-state index contributed by atoms with van der Waals surface area (Å²) >= 11 is 0. The summed E-state index contributed by atoms with van der Waals surface area (Å²) in [6, 6.07) is 0. The number of carboxylic acid groups (broad SMARTS) is 1. The highest BCUT2D eigenvalue weighted by atomic mass is 16.4. The fraction of sp³-hybridized carbons (Fsp3) is 0.667. The monoisotopic (exact) mass is 225 g/mol. The molecule has 90 valence electrons. The molecule has 1 atom stereocenters. The molecule has 1 amide bonds. The SMILES string of the molecule is C=CCC1(CNC(=O)O)CCCCCC1=O. The van der Waals surface area contributed by atoms with Gasteiger partial charge in [0.15, 0.2) is 0 Å². The number of nitrogens with one attached hydrogen (secondary N) is 1. The minimum atomic E-state index is -1.07. The van der Waals surface area contributed by atoms with E-state index in [1.807, 2.05) is 0 Å². The number of hydrogen-bond donors (Lipinski definition) is 2. The van der Waals surface area contributed by atoms with Crippen LogP contribution in [0.5, 0.6) is 0 Å². The number of carbonyl (C=O) groups is 2. The molecule has 1 saturated carbocycles. The lowest BCUT2D eigenvalue weighted by Crippen LogP contribution is -2.42. The summed E-state index contributed by atoms with van der Waals surface area (Å²) in [7, 11) is 0. The minimum Gasteiger partial charge on any atom is -0.465 e. The molecule has 0 aromatic carbocycles. The zero-order chi connectivity index (χ0) is 12.0. The van der Waals surface area contributed by atoms with E-state index in [0.717, 1.165) is 25.7 Å². The lowest BCUT2D eigenvalue weighted by atomic mass is 9.76. The van der Waals surface area contributed by atoms with Crippen molar-refractivity contribution in [1.29, 1.82) is 0 Å². The second-order valence-corrected chi connectivity index (χ2v) is 4.42. The average Bonchev–Trinajstić information content (AvgIpc) is 2.40. The first-order chi connectivity index (χ1) is 7.60. The molecule has 1 unspecified atom stereocenters. The Morgan fingerprint density at radius 2 is 2.25 bits per heavy atom. The molecule has 1 fully saturated rings. The molecule has 1 aliphatic rings. The van der Waals surface area contributed by atoms with Crippen LogP contribution in [0.2, 0.25) is 0 Å². The first kappa shape index (κ1) is 12.7. The molecule has 0 aliphatic heterocycles. The highest BCUT2D eigenvalue weighted by Gasteiger charge is 2.37. The van der Waals surface area contributed by atoms with Crippen LogP contribution in [-0.2, 0) is 4.79 Å². The summed E-state index contributed by atoms with van der Waals surface area (Å²) in [5.74, 6) is 0.179. The van der Waals surface area contributed by atoms with Crippen molar-refractivity contribution >= 4 is 11.9 Å². The molecule has 0 radical (unpaired) electrons. The van der Waals surface area contributed by atoms with Crippen LogP contribution >= 0.6 is 0 Å². The fourth-order valence-electron chi connectivity index (χ4n) is 2.33. The number of allylic oxidation sites excluding steroid dienone is 1. The molecule has 2 N–H and O–H groups in total. The number of amides is 1. The molecule has 4 nitrogen and oxygen atoms in total. The van der Waals surface area contributed by atoms with Crippen LogP contribution < -0.4 is 5.32 Å². The maximum atomic E-state index is 12.1. The van der Waals surface area contributed by atoms with E-state index in [1.54, 1.807) is 6.08 Å². The lowest BCUT2D eigenvalue weighted by molar-refractivity contribution is -0.128. The van der Waals surface area contributed by atoms with Gasteiger partial charge in [-0.25, -0.2) is 4.79 Å². The molecule has 1 rings (SSSR count). The summed E-state index contributed by atoms with van der Waals surface area (Å²) in [6.45, 7) is 3.88. The zero-order valence-corrected chi connectivity index (χ0v) is 9.50. The lowest BCUT2D eigenvalue weighted by Gasteiger charge is -2.29. The summed E-state index contributed by atoms with van der Waals surface area (Å²) < 4.78 is 0. The standard InChI is InChI=1S/C12H19NO3/c1-2-7-12(9-13-11(15)16)8-5-3-4-6-10(12)14/h2,13H,1,3-9H2,(H,15,16). The van der Waals surface area contributed by atoms with Gasteiger partial charge in [-0.05, 0) is 19.3 Å². The smallest absolute Gasteiger partial charge is 0.404 e. The van der Waals surface area contributed by atoms with Gasteiger partial charge in [0.05, 0.1) is 0 Å². The van der Waals surface area contributed by atoms with Gasteiger partial charge in [0.25, 0.3) is 0 Å². The normalized spacial score (nSPS) is 25.9. The Morgan fingerprint density at radius 1 is 1.50 bits per heavy atom.